The first kappa shape index (κ1) is 21.7. The summed E-state index contributed by atoms with van der Waals surface area (Å²) in [5.74, 6) is 6.10. The van der Waals surface area contributed by atoms with Gasteiger partial charge in [-0.3, -0.25) is 4.79 Å². The monoisotopic (exact) mass is 561 g/mol. The van der Waals surface area contributed by atoms with Crippen molar-refractivity contribution in [3.8, 4) is 0 Å². The maximum Gasteiger partial charge on any atom is 0.264 e. The van der Waals surface area contributed by atoms with E-state index in [2.05, 4.69) is 48.6 Å². The SMILES string of the molecule is Nn1c(N/N=C/c2cccc(Cl)c2Cl)nnc1SCC(=O)Nc1ccc(I)cc1. The molecule has 0 saturated carbocycles. The Labute approximate surface area is 194 Å². The maximum absolute atomic E-state index is 12.1. The maximum atomic E-state index is 12.1. The number of halogens is 3. The molecule has 1 amide bonds. The molecule has 0 radical (unpaired) electrons. The summed E-state index contributed by atoms with van der Waals surface area (Å²) in [6.45, 7) is 0. The van der Waals surface area contributed by atoms with Gasteiger partial charge in [0.15, 0.2) is 0 Å². The average Bonchev–Trinajstić information content (AvgIpc) is 3.05. The van der Waals surface area contributed by atoms with Crippen LogP contribution in [0.4, 0.5) is 11.6 Å². The van der Waals surface area contributed by atoms with Gasteiger partial charge >= 0.3 is 0 Å². The van der Waals surface area contributed by atoms with Crippen LogP contribution >= 0.6 is 57.6 Å². The minimum atomic E-state index is -0.178. The summed E-state index contributed by atoms with van der Waals surface area (Å²) in [5, 5.41) is 15.9. The van der Waals surface area contributed by atoms with E-state index in [4.69, 9.17) is 29.0 Å². The lowest BCUT2D eigenvalue weighted by Gasteiger charge is -2.05. The van der Waals surface area contributed by atoms with Gasteiger partial charge in [0.25, 0.3) is 5.95 Å². The Morgan fingerprint density at radius 3 is 2.76 bits per heavy atom. The number of nitrogens with one attached hydrogen (secondary N) is 2. The molecule has 0 bridgehead atoms. The summed E-state index contributed by atoms with van der Waals surface area (Å²) in [6.07, 6.45) is 1.49. The van der Waals surface area contributed by atoms with Gasteiger partial charge in [-0.2, -0.15) is 5.10 Å². The highest BCUT2D eigenvalue weighted by Crippen LogP contribution is 2.24. The smallest absolute Gasteiger partial charge is 0.264 e. The molecule has 4 N–H and O–H groups in total. The van der Waals surface area contributed by atoms with Crippen LogP contribution in [0.2, 0.25) is 10.0 Å². The number of thioether (sulfide) groups is 1. The third-order valence-electron chi connectivity index (χ3n) is 3.47. The number of hydrazone groups is 1. The number of nitrogens with two attached hydrogens (primary N) is 1. The van der Waals surface area contributed by atoms with Crippen molar-refractivity contribution in [3.05, 3.63) is 61.6 Å². The highest BCUT2D eigenvalue weighted by Gasteiger charge is 2.12. The van der Waals surface area contributed by atoms with Crippen LogP contribution in [0.25, 0.3) is 0 Å². The number of carbonyl (C=O) groups excluding carboxylic acids is 1. The Balaban J connectivity index is 1.55. The lowest BCUT2D eigenvalue weighted by atomic mass is 10.2. The summed E-state index contributed by atoms with van der Waals surface area (Å²) >= 11 is 15.4. The van der Waals surface area contributed by atoms with Crippen LogP contribution in [0.5, 0.6) is 0 Å². The summed E-state index contributed by atoms with van der Waals surface area (Å²) in [5.41, 5.74) is 4.04. The Kier molecular flexibility index (Phi) is 7.58. The predicted molar refractivity (Wildman–Crippen MR) is 126 cm³/mol. The molecule has 1 heterocycles. The highest BCUT2D eigenvalue weighted by atomic mass is 127. The quantitative estimate of drug-likeness (QED) is 0.132. The van der Waals surface area contributed by atoms with Crippen molar-refractivity contribution < 1.29 is 4.79 Å². The van der Waals surface area contributed by atoms with Crippen LogP contribution in [0.1, 0.15) is 5.56 Å². The molecule has 0 aliphatic carbocycles. The number of rotatable bonds is 7. The van der Waals surface area contributed by atoms with Crippen LogP contribution < -0.4 is 16.6 Å². The van der Waals surface area contributed by atoms with Crippen LogP contribution in [0.3, 0.4) is 0 Å². The van der Waals surface area contributed by atoms with E-state index in [1.54, 1.807) is 18.2 Å². The van der Waals surface area contributed by atoms with E-state index in [0.29, 0.717) is 20.8 Å². The Morgan fingerprint density at radius 1 is 1.24 bits per heavy atom. The van der Waals surface area contributed by atoms with Crippen LogP contribution in [0, 0.1) is 3.57 Å². The molecule has 0 aliphatic rings. The fraction of sp³-hybridized carbons (Fsp3) is 0.0588. The second-order valence-corrected chi connectivity index (χ2v) is 8.51. The normalized spacial score (nSPS) is 11.0. The largest absolute Gasteiger partial charge is 0.334 e. The van der Waals surface area contributed by atoms with Crippen molar-refractivity contribution in [1.29, 1.82) is 0 Å². The minimum absolute atomic E-state index is 0.128. The molecule has 12 heteroatoms. The lowest BCUT2D eigenvalue weighted by molar-refractivity contribution is -0.113. The standard InChI is InChI=1S/C17H14Cl2IN7OS/c18-13-3-1-2-10(15(13)19)8-22-24-16-25-26-17(27(16)21)29-9-14(28)23-12-6-4-11(20)5-7-12/h1-8H,9,21H2,(H,23,28)(H,24,25)/b22-8+. The lowest BCUT2D eigenvalue weighted by Crippen LogP contribution is -2.16. The van der Waals surface area contributed by atoms with Gasteiger partial charge in [-0.15, -0.1) is 10.2 Å². The topological polar surface area (TPSA) is 110 Å². The molecule has 3 aromatic rings. The van der Waals surface area contributed by atoms with Crippen molar-refractivity contribution in [1.82, 2.24) is 14.9 Å². The van der Waals surface area contributed by atoms with Gasteiger partial charge in [0, 0.05) is 14.8 Å². The Hall–Kier alpha value is -2.02. The van der Waals surface area contributed by atoms with Gasteiger partial charge in [-0.05, 0) is 52.9 Å². The van der Waals surface area contributed by atoms with E-state index < -0.39 is 0 Å². The molecule has 0 saturated heterocycles. The first-order valence-electron chi connectivity index (χ1n) is 8.06. The number of benzene rings is 2. The zero-order valence-corrected chi connectivity index (χ0v) is 19.1. The molecule has 0 atom stereocenters. The first-order valence-corrected chi connectivity index (χ1v) is 10.9. The molecule has 2 aromatic carbocycles. The zero-order chi connectivity index (χ0) is 20.8. The average molecular weight is 562 g/mol. The van der Waals surface area contributed by atoms with Crippen molar-refractivity contribution in [2.24, 2.45) is 5.10 Å². The molecule has 0 unspecified atom stereocenters. The van der Waals surface area contributed by atoms with Crippen LogP contribution in [-0.4, -0.2) is 32.7 Å². The molecule has 0 aliphatic heterocycles. The summed E-state index contributed by atoms with van der Waals surface area (Å²) in [4.78, 5) is 12.1. The van der Waals surface area contributed by atoms with E-state index in [9.17, 15) is 4.79 Å². The number of hydrogen-bond acceptors (Lipinski definition) is 7. The molecule has 8 nitrogen and oxygen atoms in total. The predicted octanol–water partition coefficient (Wildman–Crippen LogP) is 4.08. The fourth-order valence-electron chi connectivity index (χ4n) is 2.09. The fourth-order valence-corrected chi connectivity index (χ4v) is 3.46. The molecular formula is C17H14Cl2IN7OS. The van der Waals surface area contributed by atoms with Gasteiger partial charge in [-0.1, -0.05) is 47.1 Å². The molecule has 0 spiro atoms. The highest BCUT2D eigenvalue weighted by molar-refractivity contribution is 14.1. The van der Waals surface area contributed by atoms with E-state index in [1.165, 1.54) is 10.9 Å². The molecule has 150 valence electrons. The van der Waals surface area contributed by atoms with E-state index in [-0.39, 0.29) is 17.6 Å². The second kappa shape index (κ2) is 10.1. The van der Waals surface area contributed by atoms with E-state index >= 15 is 0 Å². The van der Waals surface area contributed by atoms with Crippen LogP contribution in [-0.2, 0) is 4.79 Å². The van der Waals surface area contributed by atoms with E-state index in [0.717, 1.165) is 21.0 Å². The summed E-state index contributed by atoms with van der Waals surface area (Å²) in [7, 11) is 0. The Morgan fingerprint density at radius 2 is 2.00 bits per heavy atom. The molecule has 0 fully saturated rings. The van der Waals surface area contributed by atoms with E-state index in [1.807, 2.05) is 24.3 Å². The second-order valence-electron chi connectivity index (χ2n) is 5.53. The number of carbonyl (C=O) groups is 1. The molecular weight excluding hydrogens is 548 g/mol. The number of anilines is 2. The van der Waals surface area contributed by atoms with Gasteiger partial charge in [-0.25, -0.2) is 10.1 Å². The van der Waals surface area contributed by atoms with Crippen LogP contribution in [0.15, 0.2) is 52.7 Å². The van der Waals surface area contributed by atoms with Gasteiger partial charge in [0.05, 0.1) is 22.0 Å². The number of amides is 1. The van der Waals surface area contributed by atoms with Gasteiger partial charge in [0.2, 0.25) is 11.1 Å². The minimum Gasteiger partial charge on any atom is -0.334 e. The van der Waals surface area contributed by atoms with Crippen molar-refractivity contribution in [3.63, 3.8) is 0 Å². The van der Waals surface area contributed by atoms with Crippen molar-refractivity contribution in [2.75, 3.05) is 22.3 Å². The van der Waals surface area contributed by atoms with Crippen molar-refractivity contribution in [2.45, 2.75) is 5.16 Å². The molecule has 1 aromatic heterocycles. The van der Waals surface area contributed by atoms with Crippen molar-refractivity contribution >= 4 is 81.3 Å². The van der Waals surface area contributed by atoms with Gasteiger partial charge < -0.3 is 11.2 Å². The third kappa shape index (κ3) is 5.98. The number of nitrogen functional groups attached to an aromatic ring is 1. The number of nitrogens with zero attached hydrogens (tertiary/aromatic N) is 4. The Bertz CT molecular complexity index is 1040. The summed E-state index contributed by atoms with van der Waals surface area (Å²) < 4.78 is 2.30. The number of hydrogen-bond donors (Lipinski definition) is 3. The zero-order valence-electron chi connectivity index (χ0n) is 14.6. The third-order valence-corrected chi connectivity index (χ3v) is 5.97. The molecule has 3 rings (SSSR count). The first-order chi connectivity index (χ1) is 13.9. The number of aromatic nitrogens is 3. The molecule has 29 heavy (non-hydrogen) atoms. The van der Waals surface area contributed by atoms with Gasteiger partial charge in [0.1, 0.15) is 0 Å². The summed E-state index contributed by atoms with van der Waals surface area (Å²) in [6, 6.07) is 12.7.